The van der Waals surface area contributed by atoms with Crippen LogP contribution in [0.3, 0.4) is 0 Å². The van der Waals surface area contributed by atoms with Crippen molar-refractivity contribution in [2.24, 2.45) is 4.99 Å². The van der Waals surface area contributed by atoms with E-state index in [4.69, 9.17) is 0 Å². The van der Waals surface area contributed by atoms with E-state index >= 15 is 0 Å². The highest BCUT2D eigenvalue weighted by Gasteiger charge is 2.23. The molecule has 9 heteroatoms. The number of hydrogen-bond donors (Lipinski definition) is 2. The first-order valence-corrected chi connectivity index (χ1v) is 10.1. The molecule has 24 heavy (non-hydrogen) atoms. The third kappa shape index (κ3) is 6.16. The van der Waals surface area contributed by atoms with Crippen LogP contribution < -0.4 is 5.32 Å². The zero-order valence-corrected chi connectivity index (χ0v) is 18.2. The summed E-state index contributed by atoms with van der Waals surface area (Å²) in [4.78, 5) is 6.65. The summed E-state index contributed by atoms with van der Waals surface area (Å²) in [5.41, 5.74) is 0. The number of aliphatic hydroxyl groups is 1. The summed E-state index contributed by atoms with van der Waals surface area (Å²) in [5, 5.41) is 12.8. The van der Waals surface area contributed by atoms with E-state index in [0.717, 1.165) is 11.0 Å². The second-order valence-corrected chi connectivity index (χ2v) is 8.42. The quantitative estimate of drug-likeness (QED) is 0.344. The van der Waals surface area contributed by atoms with Crippen LogP contribution in [0.4, 0.5) is 0 Å². The first kappa shape index (κ1) is 21.7. The standard InChI is InChI=1S/C15H22BrN3O3S.HI/c1-2-17-15(19-9-7-13(20)11-19)18-8-10-23(21,22)14-5-3-12(16)4-6-14;/h3-6,13,20H,2,7-11H2,1H3,(H,17,18);1H/t13-;/m1./s1. The number of nitrogens with one attached hydrogen (secondary N) is 1. The van der Waals surface area contributed by atoms with Gasteiger partial charge in [0.15, 0.2) is 15.8 Å². The molecule has 1 heterocycles. The summed E-state index contributed by atoms with van der Waals surface area (Å²) in [6, 6.07) is 6.61. The van der Waals surface area contributed by atoms with Crippen molar-refractivity contribution in [3.63, 3.8) is 0 Å². The van der Waals surface area contributed by atoms with Gasteiger partial charge in [0.1, 0.15) is 0 Å². The Morgan fingerprint density at radius 2 is 2.08 bits per heavy atom. The van der Waals surface area contributed by atoms with Gasteiger partial charge in [0.25, 0.3) is 0 Å². The number of aliphatic imine (C=N–C) groups is 1. The molecular weight excluding hydrogens is 509 g/mol. The molecule has 0 bridgehead atoms. The van der Waals surface area contributed by atoms with Crippen LogP contribution in [0, 0.1) is 0 Å². The van der Waals surface area contributed by atoms with Gasteiger partial charge >= 0.3 is 0 Å². The van der Waals surface area contributed by atoms with Crippen LogP contribution in [0.25, 0.3) is 0 Å². The van der Waals surface area contributed by atoms with Crippen LogP contribution in [0.1, 0.15) is 13.3 Å². The minimum Gasteiger partial charge on any atom is -0.391 e. The highest BCUT2D eigenvalue weighted by atomic mass is 127. The molecule has 136 valence electrons. The van der Waals surface area contributed by atoms with Gasteiger partial charge in [-0.15, -0.1) is 24.0 Å². The minimum absolute atomic E-state index is 0. The molecule has 0 spiro atoms. The zero-order chi connectivity index (χ0) is 16.9. The van der Waals surface area contributed by atoms with Gasteiger partial charge in [0.05, 0.1) is 23.3 Å². The topological polar surface area (TPSA) is 82.0 Å². The van der Waals surface area contributed by atoms with Crippen molar-refractivity contribution in [1.29, 1.82) is 0 Å². The predicted octanol–water partition coefficient (Wildman–Crippen LogP) is 1.87. The van der Waals surface area contributed by atoms with Crippen LogP contribution in [0.5, 0.6) is 0 Å². The average molecular weight is 532 g/mol. The van der Waals surface area contributed by atoms with Crippen molar-refractivity contribution in [2.45, 2.75) is 24.3 Å². The molecule has 1 atom stereocenters. The van der Waals surface area contributed by atoms with Gasteiger partial charge in [-0.3, -0.25) is 4.99 Å². The normalized spacial score (nSPS) is 18.4. The van der Waals surface area contributed by atoms with E-state index < -0.39 is 9.84 Å². The molecule has 1 fully saturated rings. The molecule has 2 rings (SSSR count). The van der Waals surface area contributed by atoms with Crippen molar-refractivity contribution in [2.75, 3.05) is 31.9 Å². The predicted molar refractivity (Wildman–Crippen MR) is 110 cm³/mol. The summed E-state index contributed by atoms with van der Waals surface area (Å²) in [6.07, 6.45) is 0.368. The third-order valence-electron chi connectivity index (χ3n) is 3.59. The molecule has 6 nitrogen and oxygen atoms in total. The lowest BCUT2D eigenvalue weighted by atomic mass is 10.3. The van der Waals surface area contributed by atoms with E-state index in [0.29, 0.717) is 30.4 Å². The summed E-state index contributed by atoms with van der Waals surface area (Å²) in [6.45, 7) is 4.11. The highest BCUT2D eigenvalue weighted by molar-refractivity contribution is 14.0. The number of halogens is 2. The fraction of sp³-hybridized carbons (Fsp3) is 0.533. The van der Waals surface area contributed by atoms with E-state index in [1.165, 1.54) is 0 Å². The number of hydrogen-bond acceptors (Lipinski definition) is 4. The fourth-order valence-electron chi connectivity index (χ4n) is 2.39. The number of nitrogens with zero attached hydrogens (tertiary/aromatic N) is 2. The Hall–Kier alpha value is -0.390. The average Bonchev–Trinajstić information content (AvgIpc) is 2.93. The fourth-order valence-corrected chi connectivity index (χ4v) is 3.77. The maximum atomic E-state index is 12.3. The summed E-state index contributed by atoms with van der Waals surface area (Å²) < 4.78 is 25.4. The lowest BCUT2D eigenvalue weighted by molar-refractivity contribution is 0.188. The van der Waals surface area contributed by atoms with Crippen molar-refractivity contribution in [3.8, 4) is 0 Å². The molecule has 1 aromatic carbocycles. The first-order valence-electron chi connectivity index (χ1n) is 7.62. The second kappa shape index (κ2) is 9.93. The van der Waals surface area contributed by atoms with Crippen LogP contribution in [-0.4, -0.2) is 62.4 Å². The molecule has 0 saturated carbocycles. The Morgan fingerprint density at radius 1 is 1.42 bits per heavy atom. The maximum Gasteiger partial charge on any atom is 0.194 e. The molecule has 0 unspecified atom stereocenters. The molecule has 0 aliphatic carbocycles. The van der Waals surface area contributed by atoms with Gasteiger partial charge in [-0.2, -0.15) is 0 Å². The third-order valence-corrected chi connectivity index (χ3v) is 5.83. The lowest BCUT2D eigenvalue weighted by Gasteiger charge is -2.20. The monoisotopic (exact) mass is 531 g/mol. The van der Waals surface area contributed by atoms with Crippen LogP contribution in [0.15, 0.2) is 38.6 Å². The van der Waals surface area contributed by atoms with Gasteiger partial charge in [0.2, 0.25) is 0 Å². The molecule has 1 saturated heterocycles. The highest BCUT2D eigenvalue weighted by Crippen LogP contribution is 2.16. The van der Waals surface area contributed by atoms with E-state index in [1.807, 2.05) is 11.8 Å². The largest absolute Gasteiger partial charge is 0.391 e. The summed E-state index contributed by atoms with van der Waals surface area (Å²) in [5.74, 6) is 0.620. The molecule has 1 aromatic rings. The molecule has 0 aromatic heterocycles. The lowest BCUT2D eigenvalue weighted by Crippen LogP contribution is -2.40. The number of sulfone groups is 1. The van der Waals surface area contributed by atoms with Crippen LogP contribution in [0.2, 0.25) is 0 Å². The molecule has 1 aliphatic rings. The van der Waals surface area contributed by atoms with Gasteiger partial charge in [0, 0.05) is 24.1 Å². The van der Waals surface area contributed by atoms with E-state index in [2.05, 4.69) is 26.2 Å². The number of guanidine groups is 1. The Kier molecular flexibility index (Phi) is 8.96. The van der Waals surface area contributed by atoms with Crippen molar-refractivity contribution in [1.82, 2.24) is 10.2 Å². The Bertz CT molecular complexity index is 652. The molecular formula is C15H23BrIN3O3S. The smallest absolute Gasteiger partial charge is 0.194 e. The number of β-amino-alcohol motifs (C(OH)–C–C–N with tert-alkyl or cyclic N) is 1. The second-order valence-electron chi connectivity index (χ2n) is 5.40. The number of rotatable bonds is 5. The maximum absolute atomic E-state index is 12.3. The van der Waals surface area contributed by atoms with Crippen molar-refractivity contribution in [3.05, 3.63) is 28.7 Å². The number of likely N-dealkylation sites (tertiary alicyclic amines) is 1. The van der Waals surface area contributed by atoms with Gasteiger partial charge in [-0.05, 0) is 37.6 Å². The minimum atomic E-state index is -3.35. The summed E-state index contributed by atoms with van der Waals surface area (Å²) in [7, 11) is -3.35. The van der Waals surface area contributed by atoms with E-state index in [9.17, 15) is 13.5 Å². The molecule has 1 aliphatic heterocycles. The van der Waals surface area contributed by atoms with Crippen LogP contribution in [-0.2, 0) is 9.84 Å². The Labute approximate surface area is 168 Å². The van der Waals surface area contributed by atoms with E-state index in [-0.39, 0.29) is 42.4 Å². The van der Waals surface area contributed by atoms with Crippen molar-refractivity contribution >= 4 is 55.7 Å². The Balaban J connectivity index is 0.00000288. The summed E-state index contributed by atoms with van der Waals surface area (Å²) >= 11 is 3.29. The SMILES string of the molecule is CCNC(=NCCS(=O)(=O)c1ccc(Br)cc1)N1CC[C@@H](O)C1.I. The molecule has 0 amide bonds. The van der Waals surface area contributed by atoms with Crippen molar-refractivity contribution < 1.29 is 13.5 Å². The Morgan fingerprint density at radius 3 is 2.62 bits per heavy atom. The first-order chi connectivity index (χ1) is 10.9. The molecule has 0 radical (unpaired) electrons. The van der Waals surface area contributed by atoms with Gasteiger partial charge < -0.3 is 15.3 Å². The van der Waals surface area contributed by atoms with E-state index in [1.54, 1.807) is 24.3 Å². The van der Waals surface area contributed by atoms with Crippen LogP contribution >= 0.6 is 39.9 Å². The van der Waals surface area contributed by atoms with Gasteiger partial charge in [-0.1, -0.05) is 15.9 Å². The number of benzene rings is 1. The van der Waals surface area contributed by atoms with Gasteiger partial charge in [-0.25, -0.2) is 8.42 Å². The zero-order valence-electron chi connectivity index (χ0n) is 13.5. The number of aliphatic hydroxyl groups excluding tert-OH is 1. The molecule has 2 N–H and O–H groups in total.